The lowest BCUT2D eigenvalue weighted by Crippen LogP contribution is -2.16. The second-order valence-corrected chi connectivity index (χ2v) is 4.78. The Morgan fingerprint density at radius 2 is 1.89 bits per heavy atom. The Kier molecular flexibility index (Phi) is 4.36. The monoisotopic (exact) mass is 256 g/mol. The lowest BCUT2D eigenvalue weighted by Gasteiger charge is -2.14. The average Bonchev–Trinajstić information content (AvgIpc) is 2.41. The number of likely N-dealkylation sites (N-methyl/N-ethyl adjacent to an activating group) is 1. The van der Waals surface area contributed by atoms with Gasteiger partial charge in [0.25, 0.3) is 0 Å². The zero-order valence-electron chi connectivity index (χ0n) is 11.4. The van der Waals surface area contributed by atoms with Gasteiger partial charge in [-0.05, 0) is 44.3 Å². The first-order chi connectivity index (χ1) is 9.16. The Morgan fingerprint density at radius 1 is 1.16 bits per heavy atom. The largest absolute Gasteiger partial charge is 0.396 e. The zero-order chi connectivity index (χ0) is 13.7. The zero-order valence-corrected chi connectivity index (χ0v) is 11.4. The van der Waals surface area contributed by atoms with Gasteiger partial charge in [-0.3, -0.25) is 0 Å². The molecule has 0 aliphatic heterocycles. The molecule has 0 atom stereocenters. The van der Waals surface area contributed by atoms with Crippen molar-refractivity contribution < 1.29 is 0 Å². The molecule has 19 heavy (non-hydrogen) atoms. The van der Waals surface area contributed by atoms with Crippen molar-refractivity contribution in [2.75, 3.05) is 31.7 Å². The van der Waals surface area contributed by atoms with Gasteiger partial charge in [-0.2, -0.15) is 0 Å². The number of hydrogen-bond donors (Lipinski definition) is 2. The molecular formula is C15H20N4. The minimum absolute atomic E-state index is 0.724. The number of anilines is 3. The van der Waals surface area contributed by atoms with E-state index >= 15 is 0 Å². The van der Waals surface area contributed by atoms with Crippen LogP contribution in [0.1, 0.15) is 5.56 Å². The van der Waals surface area contributed by atoms with Crippen molar-refractivity contribution in [3.8, 4) is 0 Å². The first-order valence-corrected chi connectivity index (χ1v) is 6.37. The van der Waals surface area contributed by atoms with Gasteiger partial charge in [0.1, 0.15) is 0 Å². The van der Waals surface area contributed by atoms with E-state index < -0.39 is 0 Å². The van der Waals surface area contributed by atoms with Crippen molar-refractivity contribution in [1.29, 1.82) is 0 Å². The van der Waals surface area contributed by atoms with Crippen molar-refractivity contribution >= 4 is 17.2 Å². The first-order valence-electron chi connectivity index (χ1n) is 6.37. The summed E-state index contributed by atoms with van der Waals surface area (Å²) in [5.74, 6) is 0.724. The third kappa shape index (κ3) is 3.69. The summed E-state index contributed by atoms with van der Waals surface area (Å²) in [6.07, 6.45) is 2.72. The first kappa shape index (κ1) is 13.4. The van der Waals surface area contributed by atoms with E-state index in [-0.39, 0.29) is 0 Å². The second-order valence-electron chi connectivity index (χ2n) is 4.78. The van der Waals surface area contributed by atoms with E-state index in [0.29, 0.717) is 0 Å². The molecule has 0 bridgehead atoms. The molecule has 0 radical (unpaired) electrons. The number of benzene rings is 1. The van der Waals surface area contributed by atoms with Gasteiger partial charge >= 0.3 is 0 Å². The van der Waals surface area contributed by atoms with Crippen molar-refractivity contribution in [3.05, 3.63) is 48.2 Å². The summed E-state index contributed by atoms with van der Waals surface area (Å²) < 4.78 is 0. The molecule has 0 saturated carbocycles. The van der Waals surface area contributed by atoms with Gasteiger partial charge in [0, 0.05) is 18.4 Å². The Bertz CT molecular complexity index is 523. The van der Waals surface area contributed by atoms with Gasteiger partial charge in [-0.25, -0.2) is 4.98 Å². The van der Waals surface area contributed by atoms with Crippen molar-refractivity contribution in [2.24, 2.45) is 0 Å². The summed E-state index contributed by atoms with van der Waals surface area (Å²) in [4.78, 5) is 6.45. The SMILES string of the molecule is CN(C)CCc1ccnc(Nc2ccccc2)c1N. The number of para-hydroxylation sites is 1. The number of nitrogens with zero attached hydrogens (tertiary/aromatic N) is 2. The Labute approximate surface area is 114 Å². The summed E-state index contributed by atoms with van der Waals surface area (Å²) in [6, 6.07) is 11.9. The number of aromatic nitrogens is 1. The minimum atomic E-state index is 0.724. The van der Waals surface area contributed by atoms with Crippen LogP contribution in [0.2, 0.25) is 0 Å². The molecule has 4 heteroatoms. The van der Waals surface area contributed by atoms with Crippen LogP contribution in [0.4, 0.5) is 17.2 Å². The van der Waals surface area contributed by atoms with Crippen LogP contribution in [0.3, 0.4) is 0 Å². The molecule has 1 heterocycles. The van der Waals surface area contributed by atoms with E-state index in [0.717, 1.165) is 35.7 Å². The molecule has 0 fully saturated rings. The van der Waals surface area contributed by atoms with Gasteiger partial charge in [0.15, 0.2) is 5.82 Å². The van der Waals surface area contributed by atoms with E-state index in [1.165, 1.54) is 0 Å². The Morgan fingerprint density at radius 3 is 2.58 bits per heavy atom. The van der Waals surface area contributed by atoms with Crippen LogP contribution >= 0.6 is 0 Å². The fourth-order valence-electron chi connectivity index (χ4n) is 1.83. The molecule has 4 nitrogen and oxygen atoms in total. The third-order valence-electron chi connectivity index (χ3n) is 2.95. The Balaban J connectivity index is 2.15. The average molecular weight is 256 g/mol. The highest BCUT2D eigenvalue weighted by molar-refractivity contribution is 5.71. The van der Waals surface area contributed by atoms with Crippen LogP contribution in [0, 0.1) is 0 Å². The molecule has 0 saturated heterocycles. The molecule has 0 amide bonds. The normalized spacial score (nSPS) is 10.7. The maximum atomic E-state index is 6.17. The number of rotatable bonds is 5. The van der Waals surface area contributed by atoms with Crippen LogP contribution in [0.15, 0.2) is 42.6 Å². The summed E-state index contributed by atoms with van der Waals surface area (Å²) >= 11 is 0. The fourth-order valence-corrected chi connectivity index (χ4v) is 1.83. The van der Waals surface area contributed by atoms with E-state index in [1.807, 2.05) is 36.4 Å². The van der Waals surface area contributed by atoms with E-state index in [2.05, 4.69) is 29.3 Å². The predicted molar refractivity (Wildman–Crippen MR) is 80.6 cm³/mol. The molecule has 0 unspecified atom stereocenters. The van der Waals surface area contributed by atoms with Gasteiger partial charge in [-0.1, -0.05) is 18.2 Å². The van der Waals surface area contributed by atoms with Crippen molar-refractivity contribution in [3.63, 3.8) is 0 Å². The standard InChI is InChI=1S/C15H20N4/c1-19(2)11-9-12-8-10-17-15(14(12)16)18-13-6-4-3-5-7-13/h3-8,10H,9,11,16H2,1-2H3,(H,17,18). The number of nitrogens with two attached hydrogens (primary N) is 1. The van der Waals surface area contributed by atoms with Crippen molar-refractivity contribution in [2.45, 2.75) is 6.42 Å². The van der Waals surface area contributed by atoms with E-state index in [1.54, 1.807) is 6.20 Å². The minimum Gasteiger partial charge on any atom is -0.396 e. The summed E-state index contributed by atoms with van der Waals surface area (Å²) in [5.41, 5.74) is 9.02. The molecule has 1 aromatic carbocycles. The molecule has 100 valence electrons. The van der Waals surface area contributed by atoms with Gasteiger partial charge in [-0.15, -0.1) is 0 Å². The molecule has 2 rings (SSSR count). The molecule has 0 aliphatic rings. The molecule has 3 N–H and O–H groups in total. The number of nitrogen functional groups attached to an aromatic ring is 1. The number of hydrogen-bond acceptors (Lipinski definition) is 4. The van der Waals surface area contributed by atoms with Gasteiger partial charge in [0.2, 0.25) is 0 Å². The highest BCUT2D eigenvalue weighted by Crippen LogP contribution is 2.24. The summed E-state index contributed by atoms with van der Waals surface area (Å²) in [6.45, 7) is 0.971. The van der Waals surface area contributed by atoms with Crippen LogP contribution < -0.4 is 11.1 Å². The molecule has 0 aliphatic carbocycles. The lowest BCUT2D eigenvalue weighted by atomic mass is 10.1. The van der Waals surface area contributed by atoms with Crippen LogP contribution in [0.25, 0.3) is 0 Å². The van der Waals surface area contributed by atoms with E-state index in [9.17, 15) is 0 Å². The maximum Gasteiger partial charge on any atom is 0.153 e. The molecule has 1 aromatic heterocycles. The van der Waals surface area contributed by atoms with Gasteiger partial charge < -0.3 is 16.0 Å². The third-order valence-corrected chi connectivity index (χ3v) is 2.95. The smallest absolute Gasteiger partial charge is 0.153 e. The van der Waals surface area contributed by atoms with Crippen LogP contribution in [-0.4, -0.2) is 30.5 Å². The Hall–Kier alpha value is -2.07. The highest BCUT2D eigenvalue weighted by atomic mass is 15.0. The molecule has 0 spiro atoms. The predicted octanol–water partition coefficient (Wildman–Crippen LogP) is 2.51. The highest BCUT2D eigenvalue weighted by Gasteiger charge is 2.06. The number of pyridine rings is 1. The van der Waals surface area contributed by atoms with Crippen molar-refractivity contribution in [1.82, 2.24) is 9.88 Å². The maximum absolute atomic E-state index is 6.17. The van der Waals surface area contributed by atoms with Gasteiger partial charge in [0.05, 0.1) is 5.69 Å². The fraction of sp³-hybridized carbons (Fsp3) is 0.267. The topological polar surface area (TPSA) is 54.2 Å². The summed E-state index contributed by atoms with van der Waals surface area (Å²) in [5, 5.41) is 3.25. The molecule has 2 aromatic rings. The number of nitrogens with one attached hydrogen (secondary N) is 1. The lowest BCUT2D eigenvalue weighted by molar-refractivity contribution is 0.414. The molecular weight excluding hydrogens is 236 g/mol. The van der Waals surface area contributed by atoms with E-state index in [4.69, 9.17) is 5.73 Å². The van der Waals surface area contributed by atoms with Crippen LogP contribution in [0.5, 0.6) is 0 Å². The quantitative estimate of drug-likeness (QED) is 0.863. The van der Waals surface area contributed by atoms with Crippen LogP contribution in [-0.2, 0) is 6.42 Å². The summed E-state index contributed by atoms with van der Waals surface area (Å²) in [7, 11) is 4.11. The second kappa shape index (κ2) is 6.20.